The molecule has 0 spiro atoms. The average Bonchev–Trinajstić information content (AvgIpc) is 2.30. The van der Waals surface area contributed by atoms with Crippen LogP contribution in [-0.4, -0.2) is 4.98 Å². The van der Waals surface area contributed by atoms with Crippen molar-refractivity contribution >= 4 is 5.69 Å². The van der Waals surface area contributed by atoms with E-state index in [0.717, 1.165) is 17.9 Å². The molecule has 0 aliphatic heterocycles. The maximum Gasteiger partial charge on any atom is 0.0529 e. The average molecular weight is 226 g/mol. The maximum absolute atomic E-state index is 4.27. The molecule has 0 atom stereocenters. The molecule has 0 bridgehead atoms. The van der Waals surface area contributed by atoms with Gasteiger partial charge in [0.05, 0.1) is 11.9 Å². The third-order valence-corrected chi connectivity index (χ3v) is 2.89. The number of hydrogen-bond donors (Lipinski definition) is 1. The van der Waals surface area contributed by atoms with E-state index in [2.05, 4.69) is 48.4 Å². The number of aryl methyl sites for hydroxylation is 3. The minimum Gasteiger partial charge on any atom is -0.380 e. The molecular formula is C15H18N2. The molecule has 1 N–H and O–H groups in total. The van der Waals surface area contributed by atoms with Crippen molar-refractivity contribution in [1.29, 1.82) is 0 Å². The molecule has 0 aliphatic carbocycles. The highest BCUT2D eigenvalue weighted by Crippen LogP contribution is 2.13. The van der Waals surface area contributed by atoms with Crippen molar-refractivity contribution in [2.24, 2.45) is 0 Å². The molecule has 1 aromatic carbocycles. The lowest BCUT2D eigenvalue weighted by atomic mass is 10.1. The van der Waals surface area contributed by atoms with Crippen molar-refractivity contribution in [2.75, 3.05) is 5.32 Å². The minimum atomic E-state index is 0.844. The monoisotopic (exact) mass is 226 g/mol. The Kier molecular flexibility index (Phi) is 3.43. The van der Waals surface area contributed by atoms with Gasteiger partial charge in [0, 0.05) is 12.2 Å². The van der Waals surface area contributed by atoms with E-state index in [4.69, 9.17) is 0 Å². The Morgan fingerprint density at radius 2 is 1.88 bits per heavy atom. The number of anilines is 1. The zero-order chi connectivity index (χ0) is 12.3. The first-order valence-corrected chi connectivity index (χ1v) is 5.88. The van der Waals surface area contributed by atoms with Crippen molar-refractivity contribution < 1.29 is 0 Å². The van der Waals surface area contributed by atoms with Crippen molar-refractivity contribution in [3.63, 3.8) is 0 Å². The standard InChI is InChI=1S/C15H18N2/c1-11-4-6-14(12(2)8-11)9-17-15-7-5-13(3)16-10-15/h4-8,10,17H,9H2,1-3H3. The predicted molar refractivity (Wildman–Crippen MR) is 72.2 cm³/mol. The Labute approximate surface area is 103 Å². The van der Waals surface area contributed by atoms with Crippen molar-refractivity contribution in [3.8, 4) is 0 Å². The van der Waals surface area contributed by atoms with Crippen molar-refractivity contribution in [3.05, 3.63) is 58.9 Å². The van der Waals surface area contributed by atoms with E-state index in [1.807, 2.05) is 19.2 Å². The zero-order valence-electron chi connectivity index (χ0n) is 10.6. The Bertz CT molecular complexity index is 501. The van der Waals surface area contributed by atoms with E-state index in [1.54, 1.807) is 0 Å². The molecule has 0 amide bonds. The fourth-order valence-corrected chi connectivity index (χ4v) is 1.81. The van der Waals surface area contributed by atoms with Gasteiger partial charge in [-0.2, -0.15) is 0 Å². The molecule has 0 aliphatic rings. The second-order valence-electron chi connectivity index (χ2n) is 4.47. The molecule has 0 saturated heterocycles. The summed E-state index contributed by atoms with van der Waals surface area (Å²) < 4.78 is 0. The van der Waals surface area contributed by atoms with Crippen LogP contribution in [0.25, 0.3) is 0 Å². The Hall–Kier alpha value is -1.83. The van der Waals surface area contributed by atoms with Crippen molar-refractivity contribution in [1.82, 2.24) is 4.98 Å². The molecule has 1 heterocycles. The molecule has 0 unspecified atom stereocenters. The summed E-state index contributed by atoms with van der Waals surface area (Å²) in [5.41, 5.74) is 6.08. The molecule has 2 heteroatoms. The van der Waals surface area contributed by atoms with E-state index < -0.39 is 0 Å². The molecule has 17 heavy (non-hydrogen) atoms. The van der Waals surface area contributed by atoms with Gasteiger partial charge in [0.1, 0.15) is 0 Å². The van der Waals surface area contributed by atoms with Crippen LogP contribution < -0.4 is 5.32 Å². The van der Waals surface area contributed by atoms with Gasteiger partial charge in [-0.15, -0.1) is 0 Å². The van der Waals surface area contributed by atoms with E-state index in [9.17, 15) is 0 Å². The highest BCUT2D eigenvalue weighted by molar-refractivity contribution is 5.42. The second kappa shape index (κ2) is 5.00. The van der Waals surface area contributed by atoms with Gasteiger partial charge in [-0.1, -0.05) is 23.8 Å². The molecular weight excluding hydrogens is 208 g/mol. The van der Waals surface area contributed by atoms with E-state index in [1.165, 1.54) is 16.7 Å². The lowest BCUT2D eigenvalue weighted by Crippen LogP contribution is -2.01. The first kappa shape index (κ1) is 11.6. The molecule has 0 saturated carbocycles. The lowest BCUT2D eigenvalue weighted by molar-refractivity contribution is 1.10. The molecule has 2 aromatic rings. The highest BCUT2D eigenvalue weighted by atomic mass is 14.9. The van der Waals surface area contributed by atoms with E-state index in [-0.39, 0.29) is 0 Å². The summed E-state index contributed by atoms with van der Waals surface area (Å²) in [7, 11) is 0. The highest BCUT2D eigenvalue weighted by Gasteiger charge is 1.98. The van der Waals surface area contributed by atoms with Crippen LogP contribution in [0.3, 0.4) is 0 Å². The van der Waals surface area contributed by atoms with Crippen LogP contribution in [0.15, 0.2) is 36.5 Å². The van der Waals surface area contributed by atoms with Crippen molar-refractivity contribution in [2.45, 2.75) is 27.3 Å². The van der Waals surface area contributed by atoms with Crippen LogP contribution in [-0.2, 0) is 6.54 Å². The summed E-state index contributed by atoms with van der Waals surface area (Å²) in [6.07, 6.45) is 1.87. The van der Waals surface area contributed by atoms with Gasteiger partial charge in [-0.25, -0.2) is 0 Å². The number of aromatic nitrogens is 1. The molecule has 88 valence electrons. The lowest BCUT2D eigenvalue weighted by Gasteiger charge is -2.09. The molecule has 0 fully saturated rings. The van der Waals surface area contributed by atoms with Gasteiger partial charge in [-0.3, -0.25) is 4.98 Å². The Balaban J connectivity index is 2.04. The summed E-state index contributed by atoms with van der Waals surface area (Å²) in [5.74, 6) is 0. The zero-order valence-corrected chi connectivity index (χ0v) is 10.6. The number of pyridine rings is 1. The van der Waals surface area contributed by atoms with Gasteiger partial charge >= 0.3 is 0 Å². The predicted octanol–water partition coefficient (Wildman–Crippen LogP) is 3.62. The summed E-state index contributed by atoms with van der Waals surface area (Å²) >= 11 is 0. The third kappa shape index (κ3) is 3.06. The summed E-state index contributed by atoms with van der Waals surface area (Å²) in [5, 5.41) is 3.39. The molecule has 2 nitrogen and oxygen atoms in total. The number of rotatable bonds is 3. The molecule has 2 rings (SSSR count). The largest absolute Gasteiger partial charge is 0.380 e. The maximum atomic E-state index is 4.27. The third-order valence-electron chi connectivity index (χ3n) is 2.89. The topological polar surface area (TPSA) is 24.9 Å². The van der Waals surface area contributed by atoms with Crippen LogP contribution in [0.4, 0.5) is 5.69 Å². The fraction of sp³-hybridized carbons (Fsp3) is 0.267. The number of nitrogens with one attached hydrogen (secondary N) is 1. The molecule has 0 radical (unpaired) electrons. The van der Waals surface area contributed by atoms with E-state index in [0.29, 0.717) is 0 Å². The normalized spacial score (nSPS) is 10.3. The van der Waals surface area contributed by atoms with Crippen LogP contribution in [0.5, 0.6) is 0 Å². The summed E-state index contributed by atoms with van der Waals surface area (Å²) in [6, 6.07) is 10.6. The Morgan fingerprint density at radius 3 is 2.53 bits per heavy atom. The quantitative estimate of drug-likeness (QED) is 0.864. The van der Waals surface area contributed by atoms with Crippen LogP contribution >= 0.6 is 0 Å². The smallest absolute Gasteiger partial charge is 0.0529 e. The number of hydrogen-bond acceptors (Lipinski definition) is 2. The number of benzene rings is 1. The first-order valence-electron chi connectivity index (χ1n) is 5.88. The van der Waals surface area contributed by atoms with Gasteiger partial charge in [0.15, 0.2) is 0 Å². The van der Waals surface area contributed by atoms with Crippen LogP contribution in [0.1, 0.15) is 22.4 Å². The van der Waals surface area contributed by atoms with Gasteiger partial charge in [0.25, 0.3) is 0 Å². The number of nitrogens with zero attached hydrogens (tertiary/aromatic N) is 1. The van der Waals surface area contributed by atoms with Gasteiger partial charge in [0.2, 0.25) is 0 Å². The van der Waals surface area contributed by atoms with Gasteiger partial charge < -0.3 is 5.32 Å². The Morgan fingerprint density at radius 1 is 1.06 bits per heavy atom. The summed E-state index contributed by atoms with van der Waals surface area (Å²) in [4.78, 5) is 4.27. The first-order chi connectivity index (χ1) is 8.15. The second-order valence-corrected chi connectivity index (χ2v) is 4.47. The van der Waals surface area contributed by atoms with Gasteiger partial charge in [-0.05, 0) is 44.0 Å². The fourth-order valence-electron chi connectivity index (χ4n) is 1.81. The van der Waals surface area contributed by atoms with Crippen LogP contribution in [0, 0.1) is 20.8 Å². The van der Waals surface area contributed by atoms with E-state index >= 15 is 0 Å². The molecule has 1 aromatic heterocycles. The minimum absolute atomic E-state index is 0.844. The SMILES string of the molecule is Cc1ccc(CNc2ccc(C)nc2)c(C)c1. The summed E-state index contributed by atoms with van der Waals surface area (Å²) in [6.45, 7) is 7.11. The van der Waals surface area contributed by atoms with Crippen LogP contribution in [0.2, 0.25) is 0 Å².